The average Bonchev–Trinajstić information content (AvgIpc) is 2.69. The lowest BCUT2D eigenvalue weighted by atomic mass is 10.2. The molecule has 0 bridgehead atoms. The first-order valence-electron chi connectivity index (χ1n) is 8.84. The van der Waals surface area contributed by atoms with Crippen LogP contribution < -0.4 is 10.6 Å². The van der Waals surface area contributed by atoms with Crippen molar-refractivity contribution in [2.45, 2.75) is 0 Å². The SMILES string of the molecule is O=C(NCCN1CCOCC1)Nc1ccc(/C=C/c2ccccn2)cc1. The third kappa shape index (κ3) is 5.98. The number of urea groups is 1. The molecule has 1 aliphatic rings. The molecule has 0 unspecified atom stereocenters. The number of aromatic nitrogens is 1. The Balaban J connectivity index is 1.41. The van der Waals surface area contributed by atoms with Crippen LogP contribution in [0, 0.1) is 0 Å². The number of rotatable bonds is 6. The summed E-state index contributed by atoms with van der Waals surface area (Å²) in [6.45, 7) is 4.86. The van der Waals surface area contributed by atoms with Gasteiger partial charge >= 0.3 is 6.03 Å². The fourth-order valence-electron chi connectivity index (χ4n) is 2.66. The van der Waals surface area contributed by atoms with Crippen molar-refractivity contribution in [3.8, 4) is 0 Å². The molecular weight excluding hydrogens is 328 g/mol. The summed E-state index contributed by atoms with van der Waals surface area (Å²) < 4.78 is 5.31. The summed E-state index contributed by atoms with van der Waals surface area (Å²) in [7, 11) is 0. The summed E-state index contributed by atoms with van der Waals surface area (Å²) in [6, 6.07) is 13.3. The van der Waals surface area contributed by atoms with Crippen LogP contribution in [-0.4, -0.2) is 55.3 Å². The molecule has 2 aromatic rings. The van der Waals surface area contributed by atoms with Gasteiger partial charge < -0.3 is 15.4 Å². The van der Waals surface area contributed by atoms with Gasteiger partial charge in [0.25, 0.3) is 0 Å². The topological polar surface area (TPSA) is 66.5 Å². The Morgan fingerprint density at radius 1 is 1.12 bits per heavy atom. The van der Waals surface area contributed by atoms with E-state index in [2.05, 4.69) is 20.5 Å². The molecule has 136 valence electrons. The highest BCUT2D eigenvalue weighted by Gasteiger charge is 2.10. The van der Waals surface area contributed by atoms with Crippen LogP contribution in [0.2, 0.25) is 0 Å². The van der Waals surface area contributed by atoms with Crippen molar-refractivity contribution in [1.29, 1.82) is 0 Å². The lowest BCUT2D eigenvalue weighted by Gasteiger charge is -2.26. The van der Waals surface area contributed by atoms with Crippen LogP contribution in [0.4, 0.5) is 10.5 Å². The van der Waals surface area contributed by atoms with Gasteiger partial charge in [0.2, 0.25) is 0 Å². The van der Waals surface area contributed by atoms with E-state index in [-0.39, 0.29) is 6.03 Å². The van der Waals surface area contributed by atoms with Gasteiger partial charge in [-0.25, -0.2) is 4.79 Å². The zero-order valence-corrected chi connectivity index (χ0v) is 14.7. The molecular formula is C20H24N4O2. The predicted octanol–water partition coefficient (Wildman–Crippen LogP) is 2.71. The molecule has 6 nitrogen and oxygen atoms in total. The number of hydrogen-bond acceptors (Lipinski definition) is 4. The summed E-state index contributed by atoms with van der Waals surface area (Å²) in [4.78, 5) is 18.5. The number of hydrogen-bond donors (Lipinski definition) is 2. The molecule has 1 aliphatic heterocycles. The van der Waals surface area contributed by atoms with Crippen molar-refractivity contribution in [2.24, 2.45) is 0 Å². The lowest BCUT2D eigenvalue weighted by Crippen LogP contribution is -2.42. The van der Waals surface area contributed by atoms with Gasteiger partial charge in [0.1, 0.15) is 0 Å². The quantitative estimate of drug-likeness (QED) is 0.839. The fourth-order valence-corrected chi connectivity index (χ4v) is 2.66. The van der Waals surface area contributed by atoms with Gasteiger partial charge in [-0.1, -0.05) is 24.3 Å². The van der Waals surface area contributed by atoms with Crippen molar-refractivity contribution in [1.82, 2.24) is 15.2 Å². The average molecular weight is 352 g/mol. The largest absolute Gasteiger partial charge is 0.379 e. The number of morpholine rings is 1. The van der Waals surface area contributed by atoms with E-state index in [0.717, 1.165) is 49.8 Å². The number of pyridine rings is 1. The molecule has 1 aromatic carbocycles. The Morgan fingerprint density at radius 3 is 2.65 bits per heavy atom. The maximum atomic E-state index is 12.0. The van der Waals surface area contributed by atoms with E-state index in [1.807, 2.05) is 54.6 Å². The fraction of sp³-hybridized carbons (Fsp3) is 0.300. The third-order valence-electron chi connectivity index (χ3n) is 4.12. The van der Waals surface area contributed by atoms with Crippen LogP contribution in [-0.2, 0) is 4.74 Å². The standard InChI is InChI=1S/C20H24N4O2/c25-20(22-11-12-24-13-15-26-16-14-24)23-19-8-5-17(6-9-19)4-7-18-3-1-2-10-21-18/h1-10H,11-16H2,(H2,22,23,25)/b7-4+. The van der Waals surface area contributed by atoms with Gasteiger partial charge in [0.15, 0.2) is 0 Å². The molecule has 0 saturated carbocycles. The summed E-state index contributed by atoms with van der Waals surface area (Å²) in [5, 5.41) is 5.74. The number of benzene rings is 1. The lowest BCUT2D eigenvalue weighted by molar-refractivity contribution is 0.0388. The number of carbonyl (C=O) groups is 1. The van der Waals surface area contributed by atoms with Crippen molar-refractivity contribution in [3.63, 3.8) is 0 Å². The molecule has 2 amide bonds. The zero-order valence-electron chi connectivity index (χ0n) is 14.7. The van der Waals surface area contributed by atoms with E-state index in [4.69, 9.17) is 4.74 Å². The molecule has 0 radical (unpaired) electrons. The molecule has 26 heavy (non-hydrogen) atoms. The molecule has 1 aromatic heterocycles. The first-order valence-corrected chi connectivity index (χ1v) is 8.84. The third-order valence-corrected chi connectivity index (χ3v) is 4.12. The summed E-state index contributed by atoms with van der Waals surface area (Å²) in [6.07, 6.45) is 5.72. The van der Waals surface area contributed by atoms with Crippen LogP contribution >= 0.6 is 0 Å². The Bertz CT molecular complexity index is 710. The Labute approximate surface area is 153 Å². The Hall–Kier alpha value is -2.70. The second-order valence-electron chi connectivity index (χ2n) is 6.04. The van der Waals surface area contributed by atoms with Crippen molar-refractivity contribution >= 4 is 23.9 Å². The summed E-state index contributed by atoms with van der Waals surface area (Å²) >= 11 is 0. The minimum atomic E-state index is -0.185. The van der Waals surface area contributed by atoms with Gasteiger partial charge in [0.05, 0.1) is 18.9 Å². The number of amides is 2. The Kier molecular flexibility index (Phi) is 6.75. The van der Waals surface area contributed by atoms with E-state index in [9.17, 15) is 4.79 Å². The van der Waals surface area contributed by atoms with E-state index in [1.54, 1.807) is 6.20 Å². The first-order chi connectivity index (χ1) is 12.8. The van der Waals surface area contributed by atoms with Crippen LogP contribution in [0.5, 0.6) is 0 Å². The Morgan fingerprint density at radius 2 is 1.92 bits per heavy atom. The summed E-state index contributed by atoms with van der Waals surface area (Å²) in [5.74, 6) is 0. The maximum absolute atomic E-state index is 12.0. The molecule has 0 spiro atoms. The van der Waals surface area contributed by atoms with E-state index >= 15 is 0 Å². The molecule has 0 atom stereocenters. The monoisotopic (exact) mass is 352 g/mol. The molecule has 2 heterocycles. The second-order valence-corrected chi connectivity index (χ2v) is 6.04. The minimum absolute atomic E-state index is 0.185. The van der Waals surface area contributed by atoms with E-state index in [1.165, 1.54) is 0 Å². The van der Waals surface area contributed by atoms with Gasteiger partial charge in [-0.2, -0.15) is 0 Å². The van der Waals surface area contributed by atoms with Crippen LogP contribution in [0.3, 0.4) is 0 Å². The van der Waals surface area contributed by atoms with Crippen LogP contribution in [0.1, 0.15) is 11.3 Å². The number of ether oxygens (including phenoxy) is 1. The van der Waals surface area contributed by atoms with Crippen molar-refractivity contribution in [2.75, 3.05) is 44.7 Å². The number of anilines is 1. The van der Waals surface area contributed by atoms with Crippen molar-refractivity contribution < 1.29 is 9.53 Å². The first kappa shape index (κ1) is 18.1. The number of carbonyl (C=O) groups excluding carboxylic acids is 1. The predicted molar refractivity (Wildman–Crippen MR) is 104 cm³/mol. The minimum Gasteiger partial charge on any atom is -0.379 e. The highest BCUT2D eigenvalue weighted by molar-refractivity contribution is 5.89. The molecule has 0 aliphatic carbocycles. The number of nitrogens with one attached hydrogen (secondary N) is 2. The molecule has 1 fully saturated rings. The zero-order chi connectivity index (χ0) is 18.0. The van der Waals surface area contributed by atoms with Gasteiger partial charge in [-0.15, -0.1) is 0 Å². The van der Waals surface area contributed by atoms with Crippen molar-refractivity contribution in [3.05, 3.63) is 59.9 Å². The second kappa shape index (κ2) is 9.70. The molecule has 2 N–H and O–H groups in total. The van der Waals surface area contributed by atoms with E-state index in [0.29, 0.717) is 6.54 Å². The van der Waals surface area contributed by atoms with Gasteiger partial charge in [-0.05, 0) is 35.9 Å². The van der Waals surface area contributed by atoms with Gasteiger partial charge in [-0.3, -0.25) is 9.88 Å². The van der Waals surface area contributed by atoms with Crippen LogP contribution in [0.15, 0.2) is 48.7 Å². The normalized spacial score (nSPS) is 15.1. The van der Waals surface area contributed by atoms with Crippen LogP contribution in [0.25, 0.3) is 12.2 Å². The highest BCUT2D eigenvalue weighted by atomic mass is 16.5. The molecule has 3 rings (SSSR count). The molecule has 6 heteroatoms. The van der Waals surface area contributed by atoms with E-state index < -0.39 is 0 Å². The smallest absolute Gasteiger partial charge is 0.319 e. The maximum Gasteiger partial charge on any atom is 0.319 e. The van der Waals surface area contributed by atoms with Gasteiger partial charge in [0, 0.05) is 38.1 Å². The highest BCUT2D eigenvalue weighted by Crippen LogP contribution is 2.12. The summed E-state index contributed by atoms with van der Waals surface area (Å²) in [5.41, 5.74) is 2.73. The number of nitrogens with zero attached hydrogens (tertiary/aromatic N) is 2. The molecule has 1 saturated heterocycles.